The molecule has 0 saturated carbocycles. The minimum Gasteiger partial charge on any atom is -0.305 e. The zero-order chi connectivity index (χ0) is 13.5. The predicted octanol–water partition coefficient (Wildman–Crippen LogP) is 2.66. The van der Waals surface area contributed by atoms with Gasteiger partial charge in [-0.25, -0.2) is 0 Å². The van der Waals surface area contributed by atoms with Crippen LogP contribution in [0, 0.1) is 0 Å². The second-order valence-electron chi connectivity index (χ2n) is 3.86. The minimum atomic E-state index is -4.54. The molecular weight excluding hydrogens is 271 g/mol. The van der Waals surface area contributed by atoms with Gasteiger partial charge in [-0.1, -0.05) is 11.6 Å². The third kappa shape index (κ3) is 2.33. The molecule has 1 aliphatic rings. The first-order chi connectivity index (χ1) is 8.29. The SMILES string of the molecule is O=C1CC(=O)N(c2ccc(C(F)(F)F)c(Cl)c2)C1. The molecule has 3 nitrogen and oxygen atoms in total. The fraction of sp³-hybridized carbons (Fsp3) is 0.273. The molecule has 1 amide bonds. The fourth-order valence-corrected chi connectivity index (χ4v) is 2.00. The van der Waals surface area contributed by atoms with Crippen LogP contribution in [0.15, 0.2) is 18.2 Å². The highest BCUT2D eigenvalue weighted by Gasteiger charge is 2.34. The van der Waals surface area contributed by atoms with E-state index in [4.69, 9.17) is 11.6 Å². The molecule has 0 spiro atoms. The number of alkyl halides is 3. The van der Waals surface area contributed by atoms with E-state index in [-0.39, 0.29) is 24.4 Å². The molecule has 1 fully saturated rings. The number of nitrogens with zero attached hydrogens (tertiary/aromatic N) is 1. The smallest absolute Gasteiger partial charge is 0.305 e. The van der Waals surface area contributed by atoms with Crippen molar-refractivity contribution < 1.29 is 22.8 Å². The van der Waals surface area contributed by atoms with E-state index in [0.29, 0.717) is 0 Å². The van der Waals surface area contributed by atoms with Crippen LogP contribution in [-0.4, -0.2) is 18.2 Å². The van der Waals surface area contributed by atoms with E-state index < -0.39 is 22.7 Å². The second-order valence-corrected chi connectivity index (χ2v) is 4.26. The number of hydrogen-bond acceptors (Lipinski definition) is 2. The lowest BCUT2D eigenvalue weighted by molar-refractivity contribution is -0.137. The van der Waals surface area contributed by atoms with E-state index in [9.17, 15) is 22.8 Å². The number of ketones is 1. The Morgan fingerprint density at radius 1 is 1.22 bits per heavy atom. The summed E-state index contributed by atoms with van der Waals surface area (Å²) in [4.78, 5) is 23.6. The van der Waals surface area contributed by atoms with Gasteiger partial charge in [-0.15, -0.1) is 0 Å². The van der Waals surface area contributed by atoms with Crippen LogP contribution in [0.3, 0.4) is 0 Å². The van der Waals surface area contributed by atoms with Crippen LogP contribution < -0.4 is 4.90 Å². The van der Waals surface area contributed by atoms with E-state index >= 15 is 0 Å². The molecule has 1 aliphatic heterocycles. The molecule has 18 heavy (non-hydrogen) atoms. The van der Waals surface area contributed by atoms with Crippen LogP contribution in [0.5, 0.6) is 0 Å². The summed E-state index contributed by atoms with van der Waals surface area (Å²) < 4.78 is 37.4. The number of amides is 1. The van der Waals surface area contributed by atoms with Crippen molar-refractivity contribution in [1.29, 1.82) is 0 Å². The average Bonchev–Trinajstić information content (AvgIpc) is 2.55. The van der Waals surface area contributed by atoms with Crippen LogP contribution in [0.4, 0.5) is 18.9 Å². The van der Waals surface area contributed by atoms with E-state index in [1.165, 1.54) is 0 Å². The molecule has 96 valence electrons. The summed E-state index contributed by atoms with van der Waals surface area (Å²) in [6, 6.07) is 2.97. The van der Waals surface area contributed by atoms with Gasteiger partial charge in [0.25, 0.3) is 0 Å². The lowest BCUT2D eigenvalue weighted by atomic mass is 10.2. The molecule has 2 rings (SSSR count). The first-order valence-corrected chi connectivity index (χ1v) is 5.35. The van der Waals surface area contributed by atoms with E-state index in [1.807, 2.05) is 0 Å². The lowest BCUT2D eigenvalue weighted by Gasteiger charge is -2.17. The van der Waals surface area contributed by atoms with Crippen LogP contribution in [0.1, 0.15) is 12.0 Å². The van der Waals surface area contributed by atoms with Crippen molar-refractivity contribution in [2.45, 2.75) is 12.6 Å². The summed E-state index contributed by atoms with van der Waals surface area (Å²) in [5.74, 6) is -0.702. The maximum Gasteiger partial charge on any atom is 0.417 e. The molecule has 0 N–H and O–H groups in total. The number of carbonyl (C=O) groups excluding carboxylic acids is 2. The Balaban J connectivity index is 2.35. The van der Waals surface area contributed by atoms with E-state index in [0.717, 1.165) is 23.1 Å². The maximum absolute atomic E-state index is 12.5. The van der Waals surface area contributed by atoms with Crippen molar-refractivity contribution in [1.82, 2.24) is 0 Å². The zero-order valence-corrected chi connectivity index (χ0v) is 9.68. The summed E-state index contributed by atoms with van der Waals surface area (Å²) >= 11 is 5.53. The van der Waals surface area contributed by atoms with Crippen molar-refractivity contribution in [2.24, 2.45) is 0 Å². The topological polar surface area (TPSA) is 37.4 Å². The van der Waals surface area contributed by atoms with Crippen molar-refractivity contribution in [3.05, 3.63) is 28.8 Å². The summed E-state index contributed by atoms with van der Waals surface area (Å²) in [7, 11) is 0. The quantitative estimate of drug-likeness (QED) is 0.740. The van der Waals surface area contributed by atoms with Crippen LogP contribution in [0.2, 0.25) is 5.02 Å². The van der Waals surface area contributed by atoms with Crippen molar-refractivity contribution in [2.75, 3.05) is 11.4 Å². The van der Waals surface area contributed by atoms with Gasteiger partial charge in [0.2, 0.25) is 5.91 Å². The Kier molecular flexibility index (Phi) is 3.06. The van der Waals surface area contributed by atoms with Crippen LogP contribution >= 0.6 is 11.6 Å². The van der Waals surface area contributed by atoms with Crippen molar-refractivity contribution in [3.63, 3.8) is 0 Å². The Labute approximate surface area is 105 Å². The number of hydrogen-bond donors (Lipinski definition) is 0. The molecule has 7 heteroatoms. The molecule has 1 saturated heterocycles. The van der Waals surface area contributed by atoms with Gasteiger partial charge in [0, 0.05) is 5.69 Å². The van der Waals surface area contributed by atoms with Gasteiger partial charge in [-0.3, -0.25) is 9.59 Å². The normalized spacial score (nSPS) is 16.6. The molecule has 1 heterocycles. The fourth-order valence-electron chi connectivity index (χ4n) is 1.72. The number of benzene rings is 1. The standard InChI is InChI=1S/C11H7ClF3NO2/c12-9-3-6(1-2-8(9)11(13,14)15)16-5-7(17)4-10(16)18/h1-3H,4-5H2. The highest BCUT2D eigenvalue weighted by Crippen LogP contribution is 2.36. The average molecular weight is 278 g/mol. The van der Waals surface area contributed by atoms with E-state index in [1.54, 1.807) is 0 Å². The molecule has 0 aliphatic carbocycles. The molecule has 0 aromatic heterocycles. The number of Topliss-reactive ketones (excluding diaryl/α,β-unsaturated/α-hetero) is 1. The van der Waals surface area contributed by atoms with Gasteiger partial charge >= 0.3 is 6.18 Å². The van der Waals surface area contributed by atoms with Crippen LogP contribution in [0.25, 0.3) is 0 Å². The number of rotatable bonds is 1. The van der Waals surface area contributed by atoms with Gasteiger partial charge in [-0.05, 0) is 18.2 Å². The highest BCUT2D eigenvalue weighted by molar-refractivity contribution is 6.32. The number of carbonyl (C=O) groups is 2. The maximum atomic E-state index is 12.5. The van der Waals surface area contributed by atoms with Crippen molar-refractivity contribution >= 4 is 29.0 Å². The van der Waals surface area contributed by atoms with Gasteiger partial charge in [0.15, 0.2) is 5.78 Å². The summed E-state index contributed by atoms with van der Waals surface area (Å²) in [6.45, 7) is -0.124. The highest BCUT2D eigenvalue weighted by atomic mass is 35.5. The van der Waals surface area contributed by atoms with Gasteiger partial charge in [0.05, 0.1) is 23.6 Å². The molecular formula is C11H7ClF3NO2. The lowest BCUT2D eigenvalue weighted by Crippen LogP contribution is -2.24. The Morgan fingerprint density at radius 3 is 2.33 bits per heavy atom. The number of halogens is 4. The molecule has 0 atom stereocenters. The molecule has 1 aromatic rings. The minimum absolute atomic E-state index is 0.124. The van der Waals surface area contributed by atoms with Crippen molar-refractivity contribution in [3.8, 4) is 0 Å². The Bertz CT molecular complexity index is 528. The number of anilines is 1. The third-order valence-corrected chi connectivity index (χ3v) is 2.87. The van der Waals surface area contributed by atoms with Gasteiger partial charge in [-0.2, -0.15) is 13.2 Å². The molecule has 0 unspecified atom stereocenters. The predicted molar refractivity (Wildman–Crippen MR) is 58.4 cm³/mol. The third-order valence-electron chi connectivity index (χ3n) is 2.55. The summed E-state index contributed by atoms with van der Waals surface area (Å²) in [6.07, 6.45) is -4.76. The Morgan fingerprint density at radius 2 is 1.89 bits per heavy atom. The van der Waals surface area contributed by atoms with E-state index in [2.05, 4.69) is 0 Å². The van der Waals surface area contributed by atoms with Gasteiger partial charge in [0.1, 0.15) is 0 Å². The zero-order valence-electron chi connectivity index (χ0n) is 8.92. The summed E-state index contributed by atoms with van der Waals surface area (Å²) in [5, 5.41) is -0.493. The molecule has 0 radical (unpaired) electrons. The summed E-state index contributed by atoms with van der Waals surface area (Å²) in [5.41, 5.74) is -0.769. The first kappa shape index (κ1) is 12.9. The first-order valence-electron chi connectivity index (χ1n) is 4.98. The van der Waals surface area contributed by atoms with Gasteiger partial charge < -0.3 is 4.90 Å². The molecule has 0 bridgehead atoms. The molecule has 1 aromatic carbocycles. The van der Waals surface area contributed by atoms with Crippen LogP contribution in [-0.2, 0) is 15.8 Å². The Hall–Kier alpha value is -1.56. The largest absolute Gasteiger partial charge is 0.417 e. The second kappa shape index (κ2) is 4.28. The monoisotopic (exact) mass is 277 g/mol.